The average Bonchev–Trinajstić information content (AvgIpc) is 2.79. The van der Waals surface area contributed by atoms with Crippen LogP contribution in [0.2, 0.25) is 0 Å². The molecule has 1 heterocycles. The van der Waals surface area contributed by atoms with Gasteiger partial charge in [-0.2, -0.15) is 4.72 Å². The standard InChI is InChI=1S/C22H23IN2O5S/c1-29-22(26)21(24-31(27,28)20-10-8-18(23)9-11-20)7-3-5-17-4-2-6-19(16-17)25-12-14-30-15-13-25/h2,4,6,8-11,16,21,24H,7,12-15H2,1H3. The normalized spacial score (nSPS) is 15.0. The van der Waals surface area contributed by atoms with Crippen LogP contribution in [-0.2, 0) is 24.3 Å². The number of ether oxygens (including phenoxy) is 2. The summed E-state index contributed by atoms with van der Waals surface area (Å²) in [5.41, 5.74) is 1.84. The summed E-state index contributed by atoms with van der Waals surface area (Å²) in [7, 11) is -2.67. The van der Waals surface area contributed by atoms with Crippen LogP contribution >= 0.6 is 22.6 Å². The van der Waals surface area contributed by atoms with E-state index in [2.05, 4.69) is 44.1 Å². The Morgan fingerprint density at radius 2 is 1.94 bits per heavy atom. The molecule has 0 bridgehead atoms. The first-order chi connectivity index (χ1) is 14.9. The largest absolute Gasteiger partial charge is 0.468 e. The predicted molar refractivity (Wildman–Crippen MR) is 126 cm³/mol. The maximum atomic E-state index is 12.6. The third-order valence-electron chi connectivity index (χ3n) is 4.67. The number of esters is 1. The number of rotatable bonds is 6. The van der Waals surface area contributed by atoms with E-state index in [0.29, 0.717) is 13.2 Å². The van der Waals surface area contributed by atoms with Crippen molar-refractivity contribution in [1.29, 1.82) is 0 Å². The highest BCUT2D eigenvalue weighted by atomic mass is 127. The molecule has 1 atom stereocenters. The van der Waals surface area contributed by atoms with Gasteiger partial charge in [-0.3, -0.25) is 4.79 Å². The summed E-state index contributed by atoms with van der Waals surface area (Å²) in [6.45, 7) is 3.03. The Morgan fingerprint density at radius 3 is 2.61 bits per heavy atom. The molecule has 0 amide bonds. The highest BCUT2D eigenvalue weighted by molar-refractivity contribution is 14.1. The molecule has 1 aliphatic rings. The highest BCUT2D eigenvalue weighted by Crippen LogP contribution is 2.17. The van der Waals surface area contributed by atoms with Gasteiger partial charge in [0.1, 0.15) is 6.04 Å². The van der Waals surface area contributed by atoms with E-state index < -0.39 is 22.0 Å². The van der Waals surface area contributed by atoms with Crippen molar-refractivity contribution in [2.45, 2.75) is 17.4 Å². The SMILES string of the molecule is COC(=O)C(CC#Cc1cccc(N2CCOCC2)c1)NS(=O)(=O)c1ccc(I)cc1. The van der Waals surface area contributed by atoms with Crippen LogP contribution in [0.1, 0.15) is 12.0 Å². The lowest BCUT2D eigenvalue weighted by atomic mass is 10.1. The second-order valence-electron chi connectivity index (χ2n) is 6.81. The van der Waals surface area contributed by atoms with Gasteiger partial charge in [-0.25, -0.2) is 8.42 Å². The number of carbonyl (C=O) groups excluding carboxylic acids is 1. The second-order valence-corrected chi connectivity index (χ2v) is 9.77. The van der Waals surface area contributed by atoms with Crippen molar-refractivity contribution < 1.29 is 22.7 Å². The molecule has 164 valence electrons. The molecular weight excluding hydrogens is 531 g/mol. The maximum absolute atomic E-state index is 12.6. The molecular formula is C22H23IN2O5S. The molecule has 1 fully saturated rings. The number of sulfonamides is 1. The van der Waals surface area contributed by atoms with E-state index in [0.717, 1.165) is 27.9 Å². The Bertz CT molecular complexity index is 1070. The summed E-state index contributed by atoms with van der Waals surface area (Å²) < 4.78 is 38.7. The number of nitrogens with one attached hydrogen (secondary N) is 1. The van der Waals surface area contributed by atoms with E-state index >= 15 is 0 Å². The Hall–Kier alpha value is -2.13. The number of carbonyl (C=O) groups is 1. The van der Waals surface area contributed by atoms with Gasteiger partial charge in [0.05, 0.1) is 25.2 Å². The second kappa shape index (κ2) is 10.9. The Kier molecular flexibility index (Phi) is 8.31. The van der Waals surface area contributed by atoms with Crippen LogP contribution in [0.15, 0.2) is 53.4 Å². The lowest BCUT2D eigenvalue weighted by Gasteiger charge is -2.28. The van der Waals surface area contributed by atoms with Crippen molar-refractivity contribution in [1.82, 2.24) is 4.72 Å². The summed E-state index contributed by atoms with van der Waals surface area (Å²) in [6.07, 6.45) is -0.0158. The van der Waals surface area contributed by atoms with Crippen molar-refractivity contribution in [2.24, 2.45) is 0 Å². The quantitative estimate of drug-likeness (QED) is 0.336. The van der Waals surface area contributed by atoms with E-state index in [4.69, 9.17) is 9.47 Å². The van der Waals surface area contributed by atoms with Crippen LogP contribution in [0.4, 0.5) is 5.69 Å². The molecule has 1 N–H and O–H groups in total. The van der Waals surface area contributed by atoms with E-state index in [-0.39, 0.29) is 11.3 Å². The molecule has 2 aromatic carbocycles. The number of anilines is 1. The van der Waals surface area contributed by atoms with Crippen molar-refractivity contribution in [3.8, 4) is 11.8 Å². The minimum Gasteiger partial charge on any atom is -0.468 e. The zero-order valence-electron chi connectivity index (χ0n) is 17.0. The van der Waals surface area contributed by atoms with Crippen LogP contribution in [0.3, 0.4) is 0 Å². The Balaban J connectivity index is 1.72. The summed E-state index contributed by atoms with van der Waals surface area (Å²) in [5, 5.41) is 0. The van der Waals surface area contributed by atoms with Crippen molar-refractivity contribution in [3.63, 3.8) is 0 Å². The number of hydrogen-bond acceptors (Lipinski definition) is 6. The number of benzene rings is 2. The highest BCUT2D eigenvalue weighted by Gasteiger charge is 2.25. The minimum atomic E-state index is -3.89. The molecule has 1 aliphatic heterocycles. The van der Waals surface area contributed by atoms with Crippen molar-refractivity contribution >= 4 is 44.3 Å². The lowest BCUT2D eigenvalue weighted by molar-refractivity contribution is -0.142. The van der Waals surface area contributed by atoms with Gasteiger partial charge in [0.2, 0.25) is 10.0 Å². The fourth-order valence-corrected chi connectivity index (χ4v) is 4.59. The number of hydrogen-bond donors (Lipinski definition) is 1. The van der Waals surface area contributed by atoms with Gasteiger partial charge < -0.3 is 14.4 Å². The van der Waals surface area contributed by atoms with Crippen LogP contribution in [0.5, 0.6) is 0 Å². The first kappa shape index (κ1) is 23.5. The topological polar surface area (TPSA) is 84.9 Å². The first-order valence-corrected chi connectivity index (χ1v) is 12.2. The summed E-state index contributed by atoms with van der Waals surface area (Å²) in [4.78, 5) is 14.4. The molecule has 0 aromatic heterocycles. The van der Waals surface area contributed by atoms with Crippen LogP contribution < -0.4 is 9.62 Å². The third kappa shape index (κ3) is 6.67. The zero-order chi connectivity index (χ0) is 22.3. The molecule has 3 rings (SSSR count). The van der Waals surface area contributed by atoms with Crippen LogP contribution in [-0.4, -0.2) is 53.8 Å². The van der Waals surface area contributed by atoms with Gasteiger partial charge in [-0.15, -0.1) is 0 Å². The fraction of sp³-hybridized carbons (Fsp3) is 0.318. The molecule has 1 saturated heterocycles. The lowest BCUT2D eigenvalue weighted by Crippen LogP contribution is -2.41. The van der Waals surface area contributed by atoms with Crippen molar-refractivity contribution in [2.75, 3.05) is 38.3 Å². The van der Waals surface area contributed by atoms with Gasteiger partial charge in [-0.05, 0) is 65.1 Å². The van der Waals surface area contributed by atoms with Crippen molar-refractivity contribution in [3.05, 3.63) is 57.7 Å². The molecule has 7 nitrogen and oxygen atoms in total. The van der Waals surface area contributed by atoms with E-state index in [9.17, 15) is 13.2 Å². The van der Waals surface area contributed by atoms with Gasteiger partial charge in [0, 0.05) is 34.3 Å². The third-order valence-corrected chi connectivity index (χ3v) is 6.88. The fourth-order valence-electron chi connectivity index (χ4n) is 3.04. The summed E-state index contributed by atoms with van der Waals surface area (Å²) in [5.74, 6) is 5.23. The van der Waals surface area contributed by atoms with Gasteiger partial charge in [-0.1, -0.05) is 17.9 Å². The molecule has 0 saturated carbocycles. The molecule has 9 heteroatoms. The van der Waals surface area contributed by atoms with E-state index in [1.54, 1.807) is 12.1 Å². The summed E-state index contributed by atoms with van der Waals surface area (Å²) in [6, 6.07) is 13.0. The van der Waals surface area contributed by atoms with Crippen LogP contribution in [0, 0.1) is 15.4 Å². The molecule has 1 unspecified atom stereocenters. The van der Waals surface area contributed by atoms with Crippen LogP contribution in [0.25, 0.3) is 0 Å². The van der Waals surface area contributed by atoms with Gasteiger partial charge >= 0.3 is 5.97 Å². The zero-order valence-corrected chi connectivity index (χ0v) is 20.0. The smallest absolute Gasteiger partial charge is 0.324 e. The van der Waals surface area contributed by atoms with E-state index in [1.807, 2.05) is 24.3 Å². The first-order valence-electron chi connectivity index (χ1n) is 9.66. The average molecular weight is 554 g/mol. The predicted octanol–water partition coefficient (Wildman–Crippen LogP) is 2.39. The molecule has 0 radical (unpaired) electrons. The Morgan fingerprint density at radius 1 is 1.23 bits per heavy atom. The minimum absolute atomic E-state index is 0.0158. The monoisotopic (exact) mass is 554 g/mol. The van der Waals surface area contributed by atoms with Gasteiger partial charge in [0.15, 0.2) is 0 Å². The number of morpholine rings is 1. The summed E-state index contributed by atoms with van der Waals surface area (Å²) >= 11 is 2.09. The molecule has 2 aromatic rings. The number of nitrogens with zero attached hydrogens (tertiary/aromatic N) is 1. The number of halogens is 1. The number of methoxy groups -OCH3 is 1. The van der Waals surface area contributed by atoms with E-state index in [1.165, 1.54) is 19.2 Å². The molecule has 0 spiro atoms. The molecule has 0 aliphatic carbocycles. The molecule has 31 heavy (non-hydrogen) atoms. The van der Waals surface area contributed by atoms with Gasteiger partial charge in [0.25, 0.3) is 0 Å². The Labute approximate surface area is 196 Å². The maximum Gasteiger partial charge on any atom is 0.324 e.